The zero-order valence-electron chi connectivity index (χ0n) is 8.83. The largest absolute Gasteiger partial charge is 0.220 e. The van der Waals surface area contributed by atoms with Crippen molar-refractivity contribution >= 4 is 39.1 Å². The number of aromatic nitrogens is 2. The topological polar surface area (TPSA) is 25.8 Å². The lowest BCUT2D eigenvalue weighted by atomic mass is 10.1. The lowest BCUT2D eigenvalue weighted by Crippen LogP contribution is -1.99. The number of benzene rings is 1. The molecule has 0 saturated heterocycles. The number of rotatable bonds is 3. The predicted octanol–water partition coefficient (Wildman–Crippen LogP) is 4.33. The van der Waals surface area contributed by atoms with Crippen LogP contribution in [0.4, 0.5) is 0 Å². The van der Waals surface area contributed by atoms with E-state index in [-0.39, 0.29) is 0 Å². The van der Waals surface area contributed by atoms with Gasteiger partial charge in [-0.25, -0.2) is 9.97 Å². The maximum absolute atomic E-state index is 5.92. The maximum Gasteiger partial charge on any atom is 0.148 e. The number of halogens is 3. The predicted molar refractivity (Wildman–Crippen MR) is 73.6 cm³/mol. The average Bonchev–Trinajstić information content (AvgIpc) is 2.34. The summed E-state index contributed by atoms with van der Waals surface area (Å²) in [5.41, 5.74) is 1.24. The summed E-state index contributed by atoms with van der Waals surface area (Å²) in [6, 6.07) is 10.2. The van der Waals surface area contributed by atoms with E-state index < -0.39 is 0 Å². The van der Waals surface area contributed by atoms with Crippen LogP contribution in [0.15, 0.2) is 34.8 Å². The van der Waals surface area contributed by atoms with Gasteiger partial charge in [0.25, 0.3) is 0 Å². The van der Waals surface area contributed by atoms with E-state index in [0.717, 1.165) is 12.8 Å². The summed E-state index contributed by atoms with van der Waals surface area (Å²) in [6.45, 7) is 0. The normalized spacial score (nSPS) is 10.5. The molecule has 2 nitrogen and oxygen atoms in total. The van der Waals surface area contributed by atoms with Crippen LogP contribution < -0.4 is 0 Å². The first kappa shape index (κ1) is 12.8. The summed E-state index contributed by atoms with van der Waals surface area (Å²) in [7, 11) is 0. The van der Waals surface area contributed by atoms with Gasteiger partial charge in [0.1, 0.15) is 16.1 Å². The fraction of sp³-hybridized carbons (Fsp3) is 0.167. The molecule has 1 heterocycles. The second kappa shape index (κ2) is 5.80. The molecule has 0 atom stereocenters. The quantitative estimate of drug-likeness (QED) is 0.782. The average molecular weight is 332 g/mol. The Hall–Kier alpha value is -0.640. The Bertz CT molecular complexity index is 494. The van der Waals surface area contributed by atoms with Crippen molar-refractivity contribution in [3.63, 3.8) is 0 Å². The number of hydrogen-bond donors (Lipinski definition) is 0. The molecule has 2 aromatic rings. The Morgan fingerprint density at radius 1 is 0.941 bits per heavy atom. The minimum Gasteiger partial charge on any atom is -0.220 e. The van der Waals surface area contributed by atoms with Crippen LogP contribution in [-0.2, 0) is 12.8 Å². The zero-order chi connectivity index (χ0) is 12.3. The molecule has 0 aliphatic carbocycles. The van der Waals surface area contributed by atoms with Gasteiger partial charge in [-0.2, -0.15) is 0 Å². The Morgan fingerprint density at radius 2 is 1.53 bits per heavy atom. The van der Waals surface area contributed by atoms with E-state index in [0.29, 0.717) is 20.6 Å². The van der Waals surface area contributed by atoms with Crippen LogP contribution in [0, 0.1) is 0 Å². The van der Waals surface area contributed by atoms with Gasteiger partial charge in [0, 0.05) is 6.42 Å². The van der Waals surface area contributed by atoms with Crippen LogP contribution in [0.25, 0.3) is 0 Å². The second-order valence-corrected chi connectivity index (χ2v) is 5.03. The first-order valence-corrected chi connectivity index (χ1v) is 6.63. The zero-order valence-corrected chi connectivity index (χ0v) is 11.9. The molecule has 0 spiro atoms. The molecule has 5 heteroatoms. The molecule has 0 unspecified atom stereocenters. The van der Waals surface area contributed by atoms with Crippen molar-refractivity contribution < 1.29 is 0 Å². The van der Waals surface area contributed by atoms with Crippen LogP contribution in [-0.4, -0.2) is 9.97 Å². The van der Waals surface area contributed by atoms with Gasteiger partial charge in [-0.1, -0.05) is 53.5 Å². The van der Waals surface area contributed by atoms with E-state index in [1.807, 2.05) is 18.2 Å². The highest BCUT2D eigenvalue weighted by Gasteiger charge is 2.08. The molecular formula is C12H9BrCl2N2. The molecular weight excluding hydrogens is 323 g/mol. The van der Waals surface area contributed by atoms with Gasteiger partial charge in [-0.3, -0.25) is 0 Å². The van der Waals surface area contributed by atoms with E-state index in [4.69, 9.17) is 23.2 Å². The molecule has 2 rings (SSSR count). The number of nitrogens with zero attached hydrogens (tertiary/aromatic N) is 2. The van der Waals surface area contributed by atoms with Gasteiger partial charge in [0.2, 0.25) is 0 Å². The first-order chi connectivity index (χ1) is 8.16. The summed E-state index contributed by atoms with van der Waals surface area (Å²) in [5.74, 6) is 0.659. The Kier molecular flexibility index (Phi) is 4.37. The van der Waals surface area contributed by atoms with E-state index in [9.17, 15) is 0 Å². The highest BCUT2D eigenvalue weighted by atomic mass is 79.9. The minimum atomic E-state index is 0.355. The van der Waals surface area contributed by atoms with Crippen LogP contribution in [0.3, 0.4) is 0 Å². The highest BCUT2D eigenvalue weighted by molar-refractivity contribution is 9.10. The van der Waals surface area contributed by atoms with Gasteiger partial charge in [0.05, 0.1) is 4.47 Å². The smallest absolute Gasteiger partial charge is 0.148 e. The lowest BCUT2D eigenvalue weighted by molar-refractivity contribution is 0.855. The molecule has 0 aliphatic heterocycles. The molecule has 0 aliphatic rings. The SMILES string of the molecule is Clc1nc(CCc2ccccc2)nc(Cl)c1Br. The van der Waals surface area contributed by atoms with Crippen LogP contribution in [0.5, 0.6) is 0 Å². The monoisotopic (exact) mass is 330 g/mol. The first-order valence-electron chi connectivity index (χ1n) is 5.08. The highest BCUT2D eigenvalue weighted by Crippen LogP contribution is 2.27. The van der Waals surface area contributed by atoms with Crippen molar-refractivity contribution in [2.45, 2.75) is 12.8 Å². The lowest BCUT2D eigenvalue weighted by Gasteiger charge is -2.04. The molecule has 0 N–H and O–H groups in total. The van der Waals surface area contributed by atoms with Crippen molar-refractivity contribution in [2.24, 2.45) is 0 Å². The van der Waals surface area contributed by atoms with E-state index in [1.165, 1.54) is 5.56 Å². The number of hydrogen-bond acceptors (Lipinski definition) is 2. The third-order valence-corrected chi connectivity index (χ3v) is 4.05. The summed E-state index contributed by atoms with van der Waals surface area (Å²) in [4.78, 5) is 8.34. The summed E-state index contributed by atoms with van der Waals surface area (Å²) in [5, 5.41) is 0.709. The summed E-state index contributed by atoms with van der Waals surface area (Å²) < 4.78 is 0.546. The summed E-state index contributed by atoms with van der Waals surface area (Å²) >= 11 is 15.1. The van der Waals surface area contributed by atoms with Gasteiger partial charge >= 0.3 is 0 Å². The molecule has 1 aromatic heterocycles. The van der Waals surface area contributed by atoms with Crippen molar-refractivity contribution in [1.29, 1.82) is 0 Å². The summed E-state index contributed by atoms with van der Waals surface area (Å²) in [6.07, 6.45) is 1.59. The fourth-order valence-electron chi connectivity index (χ4n) is 1.45. The van der Waals surface area contributed by atoms with E-state index in [2.05, 4.69) is 38.0 Å². The van der Waals surface area contributed by atoms with Crippen molar-refractivity contribution in [2.75, 3.05) is 0 Å². The van der Waals surface area contributed by atoms with Gasteiger partial charge < -0.3 is 0 Å². The van der Waals surface area contributed by atoms with Gasteiger partial charge in [-0.05, 0) is 27.9 Å². The molecule has 0 amide bonds. The Labute approximate surface area is 118 Å². The second-order valence-electron chi connectivity index (χ2n) is 3.52. The van der Waals surface area contributed by atoms with E-state index in [1.54, 1.807) is 0 Å². The standard InChI is InChI=1S/C12H9BrCl2N2/c13-10-11(14)16-9(17-12(10)15)7-6-8-4-2-1-3-5-8/h1-5H,6-7H2. The van der Waals surface area contributed by atoms with Crippen molar-refractivity contribution in [3.05, 3.63) is 56.5 Å². The maximum atomic E-state index is 5.92. The molecule has 0 saturated carbocycles. The molecule has 17 heavy (non-hydrogen) atoms. The third-order valence-electron chi connectivity index (χ3n) is 2.30. The third kappa shape index (κ3) is 3.41. The van der Waals surface area contributed by atoms with Gasteiger partial charge in [-0.15, -0.1) is 0 Å². The van der Waals surface area contributed by atoms with Crippen molar-refractivity contribution in [3.8, 4) is 0 Å². The number of aryl methyl sites for hydroxylation is 2. The van der Waals surface area contributed by atoms with Crippen LogP contribution >= 0.6 is 39.1 Å². The molecule has 0 fully saturated rings. The van der Waals surface area contributed by atoms with Gasteiger partial charge in [0.15, 0.2) is 0 Å². The van der Waals surface area contributed by atoms with Crippen LogP contribution in [0.2, 0.25) is 10.3 Å². The Balaban J connectivity index is 2.10. The van der Waals surface area contributed by atoms with Crippen LogP contribution in [0.1, 0.15) is 11.4 Å². The molecule has 0 radical (unpaired) electrons. The molecule has 1 aromatic carbocycles. The van der Waals surface area contributed by atoms with E-state index >= 15 is 0 Å². The fourth-order valence-corrected chi connectivity index (χ4v) is 2.05. The van der Waals surface area contributed by atoms with Crippen molar-refractivity contribution in [1.82, 2.24) is 9.97 Å². The Morgan fingerprint density at radius 3 is 2.12 bits per heavy atom. The minimum absolute atomic E-state index is 0.355. The molecule has 88 valence electrons. The molecule has 0 bridgehead atoms.